The summed E-state index contributed by atoms with van der Waals surface area (Å²) in [5.41, 5.74) is -0.996. The fourth-order valence-electron chi connectivity index (χ4n) is 0.490. The summed E-state index contributed by atoms with van der Waals surface area (Å²) in [6.07, 6.45) is 0. The number of hydrogen-bond donors (Lipinski definition) is 3. The second kappa shape index (κ2) is 4.06. The average molecular weight is 174 g/mol. The maximum atomic E-state index is 10.8. The molecule has 0 aliphatic rings. The zero-order valence-electron chi connectivity index (χ0n) is 7.47. The second-order valence-corrected chi connectivity index (χ2v) is 3.07. The van der Waals surface area contributed by atoms with Crippen molar-refractivity contribution in [3.8, 4) is 0 Å². The lowest BCUT2D eigenvalue weighted by Crippen LogP contribution is -2.44. The van der Waals surface area contributed by atoms with Gasteiger partial charge in [-0.05, 0) is 13.8 Å². The van der Waals surface area contributed by atoms with Gasteiger partial charge in [-0.3, -0.25) is 9.59 Å². The van der Waals surface area contributed by atoms with Gasteiger partial charge in [-0.25, -0.2) is 0 Å². The van der Waals surface area contributed by atoms with Crippen molar-refractivity contribution in [1.82, 2.24) is 10.6 Å². The molecule has 12 heavy (non-hydrogen) atoms. The van der Waals surface area contributed by atoms with Gasteiger partial charge in [-0.15, -0.1) is 0 Å². The molecule has 0 saturated carbocycles. The van der Waals surface area contributed by atoms with Crippen LogP contribution in [0.3, 0.4) is 0 Å². The van der Waals surface area contributed by atoms with Crippen LogP contribution in [0.2, 0.25) is 0 Å². The van der Waals surface area contributed by atoms with Gasteiger partial charge >= 0.3 is 11.8 Å². The maximum Gasteiger partial charge on any atom is 0.309 e. The first-order chi connectivity index (χ1) is 5.37. The van der Waals surface area contributed by atoms with E-state index in [4.69, 9.17) is 0 Å². The van der Waals surface area contributed by atoms with Crippen LogP contribution in [-0.4, -0.2) is 36.1 Å². The molecule has 0 fully saturated rings. The number of nitrogens with one attached hydrogen (secondary N) is 2. The molecule has 0 aliphatic heterocycles. The predicted octanol–water partition coefficient (Wildman–Crippen LogP) is -1.38. The van der Waals surface area contributed by atoms with Gasteiger partial charge < -0.3 is 15.7 Å². The van der Waals surface area contributed by atoms with E-state index in [9.17, 15) is 14.7 Å². The van der Waals surface area contributed by atoms with Crippen LogP contribution in [0.1, 0.15) is 13.8 Å². The number of aliphatic hydroxyl groups is 1. The number of likely N-dealkylation sites (N-methyl/N-ethyl adjacent to an activating group) is 1. The Hall–Kier alpha value is -1.10. The van der Waals surface area contributed by atoms with Crippen LogP contribution in [0.25, 0.3) is 0 Å². The summed E-state index contributed by atoms with van der Waals surface area (Å²) in [5, 5.41) is 13.6. The molecule has 0 saturated heterocycles. The minimum atomic E-state index is -0.996. The molecule has 5 heteroatoms. The lowest BCUT2D eigenvalue weighted by molar-refractivity contribution is -0.139. The van der Waals surface area contributed by atoms with Crippen LogP contribution in [0.5, 0.6) is 0 Å². The highest BCUT2D eigenvalue weighted by Crippen LogP contribution is 1.96. The average Bonchev–Trinajstić information content (AvgIpc) is 1.97. The molecular weight excluding hydrogens is 160 g/mol. The van der Waals surface area contributed by atoms with Gasteiger partial charge in [0.15, 0.2) is 0 Å². The fourth-order valence-corrected chi connectivity index (χ4v) is 0.490. The minimum Gasteiger partial charge on any atom is -0.389 e. The van der Waals surface area contributed by atoms with Crippen LogP contribution in [0.4, 0.5) is 0 Å². The number of hydrogen-bond acceptors (Lipinski definition) is 3. The summed E-state index contributed by atoms with van der Waals surface area (Å²) in [6, 6.07) is 0. The van der Waals surface area contributed by atoms with Crippen LogP contribution in [0, 0.1) is 0 Å². The summed E-state index contributed by atoms with van der Waals surface area (Å²) in [6.45, 7) is 3.13. The first kappa shape index (κ1) is 10.9. The van der Waals surface area contributed by atoms with E-state index in [0.717, 1.165) is 0 Å². The smallest absolute Gasteiger partial charge is 0.309 e. The monoisotopic (exact) mass is 174 g/mol. The Kier molecular flexibility index (Phi) is 3.69. The Morgan fingerprint density at radius 1 is 1.33 bits per heavy atom. The largest absolute Gasteiger partial charge is 0.389 e. The summed E-state index contributed by atoms with van der Waals surface area (Å²) < 4.78 is 0. The van der Waals surface area contributed by atoms with Gasteiger partial charge in [0, 0.05) is 13.6 Å². The molecule has 0 aromatic rings. The SMILES string of the molecule is CNC(=O)C(=O)NCC(C)(C)O. The van der Waals surface area contributed by atoms with E-state index in [1.54, 1.807) is 0 Å². The number of amides is 2. The van der Waals surface area contributed by atoms with Gasteiger partial charge in [0.2, 0.25) is 0 Å². The molecule has 0 rings (SSSR count). The van der Waals surface area contributed by atoms with Gasteiger partial charge in [0.25, 0.3) is 0 Å². The van der Waals surface area contributed by atoms with Crippen molar-refractivity contribution in [3.63, 3.8) is 0 Å². The number of rotatable bonds is 2. The van der Waals surface area contributed by atoms with E-state index < -0.39 is 17.4 Å². The molecule has 0 bridgehead atoms. The van der Waals surface area contributed by atoms with Gasteiger partial charge in [-0.2, -0.15) is 0 Å². The third-order valence-corrected chi connectivity index (χ3v) is 1.11. The summed E-state index contributed by atoms with van der Waals surface area (Å²) in [5.74, 6) is -1.45. The number of carbonyl (C=O) groups is 2. The Balaban J connectivity index is 3.80. The lowest BCUT2D eigenvalue weighted by atomic mass is 10.1. The Morgan fingerprint density at radius 2 is 1.83 bits per heavy atom. The Labute approximate surface area is 71.1 Å². The van der Waals surface area contributed by atoms with E-state index in [2.05, 4.69) is 10.6 Å². The van der Waals surface area contributed by atoms with Crippen molar-refractivity contribution in [2.45, 2.75) is 19.4 Å². The maximum absolute atomic E-state index is 10.8. The van der Waals surface area contributed by atoms with Crippen molar-refractivity contribution in [3.05, 3.63) is 0 Å². The molecule has 0 heterocycles. The number of carbonyl (C=O) groups excluding carboxylic acids is 2. The van der Waals surface area contributed by atoms with Crippen LogP contribution < -0.4 is 10.6 Å². The van der Waals surface area contributed by atoms with Gasteiger partial charge in [-0.1, -0.05) is 0 Å². The standard InChI is InChI=1S/C7H14N2O3/c1-7(2,12)4-9-6(11)5(10)8-3/h12H,4H2,1-3H3,(H,8,10)(H,9,11). The van der Waals surface area contributed by atoms with Crippen molar-refractivity contribution >= 4 is 11.8 Å². The molecular formula is C7H14N2O3. The first-order valence-electron chi connectivity index (χ1n) is 3.59. The minimum absolute atomic E-state index is 0.0548. The Morgan fingerprint density at radius 3 is 2.17 bits per heavy atom. The predicted molar refractivity (Wildman–Crippen MR) is 43.4 cm³/mol. The molecule has 0 aromatic carbocycles. The molecule has 0 radical (unpaired) electrons. The summed E-state index contributed by atoms with van der Waals surface area (Å²) >= 11 is 0. The van der Waals surface area contributed by atoms with Gasteiger partial charge in [0.05, 0.1) is 5.60 Å². The quantitative estimate of drug-likeness (QED) is 0.451. The topological polar surface area (TPSA) is 78.4 Å². The van der Waals surface area contributed by atoms with E-state index in [-0.39, 0.29) is 6.54 Å². The highest BCUT2D eigenvalue weighted by Gasteiger charge is 2.16. The summed E-state index contributed by atoms with van der Waals surface area (Å²) in [7, 11) is 1.37. The molecule has 0 unspecified atom stereocenters. The normalized spacial score (nSPS) is 10.7. The van der Waals surface area contributed by atoms with Crippen molar-refractivity contribution in [2.24, 2.45) is 0 Å². The fraction of sp³-hybridized carbons (Fsp3) is 0.714. The molecule has 0 spiro atoms. The molecule has 0 aliphatic carbocycles. The van der Waals surface area contributed by atoms with Gasteiger partial charge in [0.1, 0.15) is 0 Å². The van der Waals surface area contributed by atoms with E-state index >= 15 is 0 Å². The van der Waals surface area contributed by atoms with E-state index in [1.807, 2.05) is 0 Å². The van der Waals surface area contributed by atoms with Crippen molar-refractivity contribution in [2.75, 3.05) is 13.6 Å². The third-order valence-electron chi connectivity index (χ3n) is 1.11. The lowest BCUT2D eigenvalue weighted by Gasteiger charge is -2.16. The molecule has 0 aromatic heterocycles. The van der Waals surface area contributed by atoms with E-state index in [0.29, 0.717) is 0 Å². The van der Waals surface area contributed by atoms with Crippen LogP contribution >= 0.6 is 0 Å². The molecule has 0 atom stereocenters. The summed E-state index contributed by atoms with van der Waals surface area (Å²) in [4.78, 5) is 21.4. The zero-order valence-corrected chi connectivity index (χ0v) is 7.47. The van der Waals surface area contributed by atoms with Crippen LogP contribution in [-0.2, 0) is 9.59 Å². The second-order valence-electron chi connectivity index (χ2n) is 3.07. The molecule has 70 valence electrons. The van der Waals surface area contributed by atoms with Crippen molar-refractivity contribution in [1.29, 1.82) is 0 Å². The third kappa shape index (κ3) is 4.68. The molecule has 3 N–H and O–H groups in total. The molecule has 5 nitrogen and oxygen atoms in total. The molecule has 2 amide bonds. The Bertz CT molecular complexity index is 184. The van der Waals surface area contributed by atoms with E-state index in [1.165, 1.54) is 20.9 Å². The van der Waals surface area contributed by atoms with Crippen molar-refractivity contribution < 1.29 is 14.7 Å². The van der Waals surface area contributed by atoms with Crippen LogP contribution in [0.15, 0.2) is 0 Å². The zero-order chi connectivity index (χ0) is 9.78. The highest BCUT2D eigenvalue weighted by atomic mass is 16.3. The highest BCUT2D eigenvalue weighted by molar-refractivity contribution is 6.35. The first-order valence-corrected chi connectivity index (χ1v) is 3.59.